The van der Waals surface area contributed by atoms with E-state index in [9.17, 15) is 0 Å². The zero-order valence-electron chi connectivity index (χ0n) is 5.44. The van der Waals surface area contributed by atoms with Crippen LogP contribution in [0.3, 0.4) is 0 Å². The highest BCUT2D eigenvalue weighted by molar-refractivity contribution is 9.09. The fourth-order valence-corrected chi connectivity index (χ4v) is 1.24. The topological polar surface area (TPSA) is 12.5 Å². The highest BCUT2D eigenvalue weighted by atomic mass is 79.9. The van der Waals surface area contributed by atoms with E-state index in [2.05, 4.69) is 36.7 Å². The Morgan fingerprint density at radius 3 is 2.12 bits per heavy atom. The lowest BCUT2D eigenvalue weighted by Crippen LogP contribution is -2.18. The van der Waals surface area contributed by atoms with E-state index in [0.717, 1.165) is 0 Å². The molecule has 0 saturated carbocycles. The first-order valence-corrected chi connectivity index (χ1v) is 3.81. The second kappa shape index (κ2) is 1.71. The molecular weight excluding hydrogens is 168 g/mol. The molecule has 1 rings (SSSR count). The van der Waals surface area contributed by atoms with Crippen LogP contribution in [0.25, 0.3) is 0 Å². The predicted molar refractivity (Wildman–Crippen MR) is 37.3 cm³/mol. The summed E-state index contributed by atoms with van der Waals surface area (Å²) >= 11 is 3.47. The van der Waals surface area contributed by atoms with Gasteiger partial charge in [0, 0.05) is 4.83 Å². The molecule has 1 fully saturated rings. The molecule has 0 spiro atoms. The first kappa shape index (κ1) is 6.56. The third-order valence-corrected chi connectivity index (χ3v) is 2.88. The van der Waals surface area contributed by atoms with Crippen LogP contribution >= 0.6 is 15.9 Å². The van der Waals surface area contributed by atoms with Gasteiger partial charge in [-0.05, 0) is 20.8 Å². The molecule has 0 bridgehead atoms. The Kier molecular flexibility index (Phi) is 1.40. The van der Waals surface area contributed by atoms with Crippen molar-refractivity contribution < 1.29 is 4.74 Å². The van der Waals surface area contributed by atoms with Crippen LogP contribution in [0.4, 0.5) is 0 Å². The summed E-state index contributed by atoms with van der Waals surface area (Å²) in [4.78, 5) is 0.477. The number of rotatable bonds is 1. The van der Waals surface area contributed by atoms with Crippen LogP contribution in [0.15, 0.2) is 0 Å². The molecule has 0 aromatic carbocycles. The van der Waals surface area contributed by atoms with E-state index in [4.69, 9.17) is 4.74 Å². The normalized spacial score (nSPS) is 48.8. The lowest BCUT2D eigenvalue weighted by atomic mass is 10.1. The van der Waals surface area contributed by atoms with Crippen LogP contribution in [-0.4, -0.2) is 16.5 Å². The first-order chi connectivity index (χ1) is 3.57. The second-order valence-corrected chi connectivity index (χ2v) is 3.93. The van der Waals surface area contributed by atoms with E-state index < -0.39 is 0 Å². The Balaban J connectivity index is 2.47. The van der Waals surface area contributed by atoms with Crippen LogP contribution < -0.4 is 0 Å². The number of epoxide rings is 1. The van der Waals surface area contributed by atoms with Crippen molar-refractivity contribution in [3.05, 3.63) is 0 Å². The average molecular weight is 179 g/mol. The molecule has 0 N–H and O–H groups in total. The van der Waals surface area contributed by atoms with Gasteiger partial charge in [0.1, 0.15) is 5.60 Å². The van der Waals surface area contributed by atoms with Crippen molar-refractivity contribution in [2.24, 2.45) is 0 Å². The molecule has 48 valence electrons. The number of ether oxygens (including phenoxy) is 1. The average Bonchev–Trinajstić information content (AvgIpc) is 2.17. The smallest absolute Gasteiger partial charge is 0.104 e. The van der Waals surface area contributed by atoms with Crippen molar-refractivity contribution in [3.63, 3.8) is 0 Å². The standard InChI is InChI=1S/C6H11BrO/c1-4(7)6(3)5(2)8-6/h4-5H,1-3H3. The third kappa shape index (κ3) is 0.799. The van der Waals surface area contributed by atoms with E-state index in [0.29, 0.717) is 10.9 Å². The summed E-state index contributed by atoms with van der Waals surface area (Å²) in [6, 6.07) is 0. The molecule has 0 amide bonds. The minimum atomic E-state index is 0.125. The SMILES string of the molecule is CC(Br)C1(C)OC1C. The molecule has 0 aliphatic carbocycles. The third-order valence-electron chi connectivity index (χ3n) is 1.97. The Hall–Kier alpha value is 0.440. The summed E-state index contributed by atoms with van der Waals surface area (Å²) in [6.45, 7) is 6.33. The van der Waals surface area contributed by atoms with Gasteiger partial charge in [0.05, 0.1) is 6.10 Å². The van der Waals surface area contributed by atoms with Crippen LogP contribution in [0, 0.1) is 0 Å². The van der Waals surface area contributed by atoms with E-state index in [-0.39, 0.29) is 5.60 Å². The Morgan fingerprint density at radius 1 is 1.75 bits per heavy atom. The molecule has 3 atom stereocenters. The fourth-order valence-electron chi connectivity index (χ4n) is 0.764. The minimum absolute atomic E-state index is 0.125. The van der Waals surface area contributed by atoms with E-state index in [1.54, 1.807) is 0 Å². The van der Waals surface area contributed by atoms with Gasteiger partial charge in [-0.1, -0.05) is 15.9 Å². The molecule has 8 heavy (non-hydrogen) atoms. The summed E-state index contributed by atoms with van der Waals surface area (Å²) < 4.78 is 5.32. The summed E-state index contributed by atoms with van der Waals surface area (Å²) in [5.41, 5.74) is 0.125. The van der Waals surface area contributed by atoms with Crippen LogP contribution in [0.2, 0.25) is 0 Å². The van der Waals surface area contributed by atoms with Crippen molar-refractivity contribution in [1.82, 2.24) is 0 Å². The zero-order valence-corrected chi connectivity index (χ0v) is 7.03. The summed E-state index contributed by atoms with van der Waals surface area (Å²) in [7, 11) is 0. The monoisotopic (exact) mass is 178 g/mol. The molecule has 1 heterocycles. The Bertz CT molecular complexity index is 103. The summed E-state index contributed by atoms with van der Waals surface area (Å²) in [5.74, 6) is 0. The molecule has 1 aliphatic heterocycles. The van der Waals surface area contributed by atoms with Crippen LogP contribution in [0.5, 0.6) is 0 Å². The number of alkyl halides is 1. The van der Waals surface area contributed by atoms with Crippen LogP contribution in [-0.2, 0) is 4.74 Å². The maximum atomic E-state index is 5.32. The summed E-state index contributed by atoms with van der Waals surface area (Å²) in [5, 5.41) is 0. The largest absolute Gasteiger partial charge is 0.365 e. The van der Waals surface area contributed by atoms with Gasteiger partial charge in [-0.3, -0.25) is 0 Å². The Labute approximate surface area is 58.5 Å². The van der Waals surface area contributed by atoms with Gasteiger partial charge in [0.2, 0.25) is 0 Å². The zero-order chi connectivity index (χ0) is 6.36. The first-order valence-electron chi connectivity index (χ1n) is 2.89. The minimum Gasteiger partial charge on any atom is -0.365 e. The van der Waals surface area contributed by atoms with Gasteiger partial charge in [0.25, 0.3) is 0 Å². The Morgan fingerprint density at radius 2 is 2.12 bits per heavy atom. The fraction of sp³-hybridized carbons (Fsp3) is 1.00. The van der Waals surface area contributed by atoms with Gasteiger partial charge in [-0.15, -0.1) is 0 Å². The van der Waals surface area contributed by atoms with E-state index >= 15 is 0 Å². The lowest BCUT2D eigenvalue weighted by Gasteiger charge is -2.05. The van der Waals surface area contributed by atoms with Crippen molar-refractivity contribution in [3.8, 4) is 0 Å². The molecule has 0 aromatic rings. The van der Waals surface area contributed by atoms with E-state index in [1.165, 1.54) is 0 Å². The van der Waals surface area contributed by atoms with Gasteiger partial charge in [-0.25, -0.2) is 0 Å². The maximum absolute atomic E-state index is 5.32. The van der Waals surface area contributed by atoms with E-state index in [1.807, 2.05) is 0 Å². The molecular formula is C6H11BrO. The summed E-state index contributed by atoms with van der Waals surface area (Å²) in [6.07, 6.45) is 0.442. The molecule has 1 nitrogen and oxygen atoms in total. The number of halogens is 1. The molecule has 2 heteroatoms. The van der Waals surface area contributed by atoms with Crippen molar-refractivity contribution in [2.75, 3.05) is 0 Å². The molecule has 1 aliphatic rings. The van der Waals surface area contributed by atoms with Crippen molar-refractivity contribution in [2.45, 2.75) is 37.3 Å². The lowest BCUT2D eigenvalue weighted by molar-refractivity contribution is 0.312. The van der Waals surface area contributed by atoms with Gasteiger partial charge in [0.15, 0.2) is 0 Å². The second-order valence-electron chi connectivity index (χ2n) is 2.56. The van der Waals surface area contributed by atoms with Crippen molar-refractivity contribution >= 4 is 15.9 Å². The molecule has 1 saturated heterocycles. The molecule has 0 radical (unpaired) electrons. The van der Waals surface area contributed by atoms with Gasteiger partial charge < -0.3 is 4.74 Å². The highest BCUT2D eigenvalue weighted by Crippen LogP contribution is 2.41. The van der Waals surface area contributed by atoms with Gasteiger partial charge in [-0.2, -0.15) is 0 Å². The maximum Gasteiger partial charge on any atom is 0.104 e. The van der Waals surface area contributed by atoms with Crippen molar-refractivity contribution in [1.29, 1.82) is 0 Å². The number of hydrogen-bond acceptors (Lipinski definition) is 1. The number of hydrogen-bond donors (Lipinski definition) is 0. The highest BCUT2D eigenvalue weighted by Gasteiger charge is 2.51. The predicted octanol–water partition coefficient (Wildman–Crippen LogP) is 1.95. The van der Waals surface area contributed by atoms with Crippen LogP contribution in [0.1, 0.15) is 20.8 Å². The molecule has 0 aromatic heterocycles. The quantitative estimate of drug-likeness (QED) is 0.442. The molecule has 3 unspecified atom stereocenters. The van der Waals surface area contributed by atoms with Gasteiger partial charge >= 0.3 is 0 Å².